The van der Waals surface area contributed by atoms with Gasteiger partial charge in [0, 0.05) is 38.4 Å². The van der Waals surface area contributed by atoms with Crippen molar-refractivity contribution < 1.29 is 45.7 Å². The van der Waals surface area contributed by atoms with Crippen LogP contribution in [0.25, 0.3) is 11.0 Å². The fourth-order valence-electron chi connectivity index (χ4n) is 4.17. The SMILES string of the molecule is CC(c1nc2c(cnn2C2CCOCC2)c(=O)[nH]1)N1CC(Oc2cc(F)c(F)c(F)c2)C1.O=C(O)C(F)(F)F. The van der Waals surface area contributed by atoms with Gasteiger partial charge in [-0.2, -0.15) is 18.3 Å². The second kappa shape index (κ2) is 11.2. The van der Waals surface area contributed by atoms with Crippen LogP contribution in [0.5, 0.6) is 5.75 Å². The van der Waals surface area contributed by atoms with E-state index in [0.717, 1.165) is 25.0 Å². The number of nitrogens with one attached hydrogen (secondary N) is 1. The number of alkyl halides is 3. The van der Waals surface area contributed by atoms with Crippen LogP contribution in [0.4, 0.5) is 26.3 Å². The summed E-state index contributed by atoms with van der Waals surface area (Å²) in [6.07, 6.45) is -2.23. The van der Waals surface area contributed by atoms with Gasteiger partial charge < -0.3 is 19.6 Å². The Morgan fingerprint density at radius 2 is 1.77 bits per heavy atom. The molecule has 0 spiro atoms. The number of aliphatic carboxylic acids is 1. The molecule has 3 aromatic rings. The van der Waals surface area contributed by atoms with E-state index in [-0.39, 0.29) is 29.5 Å². The quantitative estimate of drug-likeness (QED) is 0.358. The highest BCUT2D eigenvalue weighted by Gasteiger charge is 2.38. The number of H-pyrrole nitrogens is 1. The molecule has 1 atom stereocenters. The minimum absolute atomic E-state index is 0.0629. The maximum atomic E-state index is 13.4. The number of benzene rings is 1. The van der Waals surface area contributed by atoms with Gasteiger partial charge in [-0.25, -0.2) is 27.6 Å². The minimum Gasteiger partial charge on any atom is -0.488 e. The van der Waals surface area contributed by atoms with E-state index >= 15 is 0 Å². The molecular formula is C23H23F6N5O5. The van der Waals surface area contributed by atoms with E-state index in [1.807, 2.05) is 16.5 Å². The van der Waals surface area contributed by atoms with Gasteiger partial charge in [0.25, 0.3) is 5.56 Å². The topological polar surface area (TPSA) is 123 Å². The fraction of sp³-hybridized carbons (Fsp3) is 0.478. The van der Waals surface area contributed by atoms with Crippen LogP contribution < -0.4 is 10.3 Å². The number of aromatic amines is 1. The summed E-state index contributed by atoms with van der Waals surface area (Å²) in [6.45, 7) is 4.13. The Balaban J connectivity index is 0.000000448. The standard InChI is InChI=1S/C21H22F3N5O3.C2HF3O2/c1-11(28-9-14(10-28)32-13-6-16(22)18(24)17(23)7-13)19-26-20-15(21(30)27-19)8-25-29(20)12-2-4-31-5-3-12;3-2(4,5)1(6)7/h6-8,11-12,14H,2-5,9-10H2,1H3,(H,26,27,30);(H,6,7). The average molecular weight is 563 g/mol. The van der Waals surface area contributed by atoms with Crippen molar-refractivity contribution in [3.63, 3.8) is 0 Å². The van der Waals surface area contributed by atoms with Crippen LogP contribution in [0, 0.1) is 17.5 Å². The van der Waals surface area contributed by atoms with E-state index in [2.05, 4.69) is 10.1 Å². The van der Waals surface area contributed by atoms with Crippen LogP contribution in [-0.2, 0) is 9.53 Å². The molecule has 4 heterocycles. The summed E-state index contributed by atoms with van der Waals surface area (Å²) in [5, 5.41) is 12.0. The molecule has 1 aromatic carbocycles. The smallest absolute Gasteiger partial charge is 0.488 e. The molecule has 2 fully saturated rings. The minimum atomic E-state index is -5.08. The van der Waals surface area contributed by atoms with Gasteiger partial charge in [0.15, 0.2) is 23.1 Å². The second-order valence-corrected chi connectivity index (χ2v) is 8.99. The van der Waals surface area contributed by atoms with Crippen LogP contribution in [0.3, 0.4) is 0 Å². The average Bonchev–Trinajstić information content (AvgIpc) is 3.29. The number of aromatic nitrogens is 4. The zero-order valence-electron chi connectivity index (χ0n) is 20.3. The van der Waals surface area contributed by atoms with Crippen LogP contribution in [0.15, 0.2) is 23.1 Å². The molecule has 0 bridgehead atoms. The van der Waals surface area contributed by atoms with Crippen molar-refractivity contribution in [3.8, 4) is 5.75 Å². The van der Waals surface area contributed by atoms with Gasteiger partial charge >= 0.3 is 12.1 Å². The number of carbonyl (C=O) groups is 1. The number of rotatable bonds is 5. The number of hydrogen-bond donors (Lipinski definition) is 2. The van der Waals surface area contributed by atoms with Crippen LogP contribution >= 0.6 is 0 Å². The summed E-state index contributed by atoms with van der Waals surface area (Å²) in [5.41, 5.74) is 0.300. The van der Waals surface area contributed by atoms with Crippen molar-refractivity contribution in [2.24, 2.45) is 0 Å². The van der Waals surface area contributed by atoms with Gasteiger partial charge in [-0.15, -0.1) is 0 Å². The molecule has 0 amide bonds. The molecule has 2 N–H and O–H groups in total. The van der Waals surface area contributed by atoms with Crippen molar-refractivity contribution in [2.75, 3.05) is 26.3 Å². The first kappa shape index (κ1) is 28.4. The Bertz CT molecular complexity index is 1380. The largest absolute Gasteiger partial charge is 0.490 e. The molecule has 5 rings (SSSR count). The number of nitrogens with zero attached hydrogens (tertiary/aromatic N) is 4. The van der Waals surface area contributed by atoms with Gasteiger partial charge in [-0.1, -0.05) is 0 Å². The molecule has 10 nitrogen and oxygen atoms in total. The Morgan fingerprint density at radius 1 is 1.18 bits per heavy atom. The first-order valence-corrected chi connectivity index (χ1v) is 11.8. The molecule has 2 saturated heterocycles. The number of likely N-dealkylation sites (tertiary alicyclic amines) is 1. The molecule has 1 unspecified atom stereocenters. The van der Waals surface area contributed by atoms with Crippen LogP contribution in [0.2, 0.25) is 0 Å². The summed E-state index contributed by atoms with van der Waals surface area (Å²) >= 11 is 0. The van der Waals surface area contributed by atoms with E-state index in [1.54, 1.807) is 6.20 Å². The van der Waals surface area contributed by atoms with E-state index < -0.39 is 29.6 Å². The molecule has 2 aliphatic heterocycles. The summed E-state index contributed by atoms with van der Waals surface area (Å²) < 4.78 is 84.4. The predicted octanol–water partition coefficient (Wildman–Crippen LogP) is 3.35. The monoisotopic (exact) mass is 563 g/mol. The predicted molar refractivity (Wildman–Crippen MR) is 122 cm³/mol. The summed E-state index contributed by atoms with van der Waals surface area (Å²) in [6, 6.07) is 1.58. The van der Waals surface area contributed by atoms with Gasteiger partial charge in [0.1, 0.15) is 23.1 Å². The number of hydrogen-bond acceptors (Lipinski definition) is 7. The zero-order valence-corrected chi connectivity index (χ0v) is 20.3. The summed E-state index contributed by atoms with van der Waals surface area (Å²) in [7, 11) is 0. The van der Waals surface area contributed by atoms with E-state index in [0.29, 0.717) is 43.2 Å². The normalized spacial score (nSPS) is 17.8. The van der Waals surface area contributed by atoms with E-state index in [4.69, 9.17) is 24.4 Å². The molecule has 39 heavy (non-hydrogen) atoms. The highest BCUT2D eigenvalue weighted by Crippen LogP contribution is 2.29. The molecule has 0 saturated carbocycles. The van der Waals surface area contributed by atoms with Gasteiger partial charge in [-0.05, 0) is 19.8 Å². The third kappa shape index (κ3) is 6.33. The molecule has 2 aromatic heterocycles. The number of halogens is 6. The Morgan fingerprint density at radius 3 is 2.33 bits per heavy atom. The van der Waals surface area contributed by atoms with Crippen molar-refractivity contribution in [3.05, 3.63) is 52.0 Å². The van der Waals surface area contributed by atoms with Crippen molar-refractivity contribution in [1.29, 1.82) is 0 Å². The second-order valence-electron chi connectivity index (χ2n) is 8.99. The molecule has 0 radical (unpaired) electrons. The number of carboxylic acids is 1. The van der Waals surface area contributed by atoms with Crippen molar-refractivity contribution in [1.82, 2.24) is 24.6 Å². The van der Waals surface area contributed by atoms with Crippen LogP contribution in [0.1, 0.15) is 37.7 Å². The van der Waals surface area contributed by atoms with E-state index in [1.165, 1.54) is 0 Å². The van der Waals surface area contributed by atoms with Crippen molar-refractivity contribution in [2.45, 2.75) is 44.1 Å². The number of carboxylic acid groups (broad SMARTS) is 1. The lowest BCUT2D eigenvalue weighted by Gasteiger charge is -2.42. The molecule has 0 aliphatic carbocycles. The third-order valence-electron chi connectivity index (χ3n) is 6.34. The molecule has 212 valence electrons. The Hall–Kier alpha value is -3.66. The van der Waals surface area contributed by atoms with Crippen LogP contribution in [-0.4, -0.2) is 74.3 Å². The third-order valence-corrected chi connectivity index (χ3v) is 6.34. The first-order chi connectivity index (χ1) is 18.3. The summed E-state index contributed by atoms with van der Waals surface area (Å²) in [5.74, 6) is -6.42. The lowest BCUT2D eigenvalue weighted by Crippen LogP contribution is -2.54. The lowest BCUT2D eigenvalue weighted by molar-refractivity contribution is -0.192. The molecule has 2 aliphatic rings. The zero-order chi connectivity index (χ0) is 28.5. The Kier molecular flexibility index (Phi) is 8.15. The number of ether oxygens (including phenoxy) is 2. The van der Waals surface area contributed by atoms with E-state index in [9.17, 15) is 31.1 Å². The highest BCUT2D eigenvalue weighted by atomic mass is 19.4. The highest BCUT2D eigenvalue weighted by molar-refractivity contribution is 5.73. The maximum absolute atomic E-state index is 13.4. The molecular weight excluding hydrogens is 540 g/mol. The van der Waals surface area contributed by atoms with Gasteiger partial charge in [-0.3, -0.25) is 9.69 Å². The first-order valence-electron chi connectivity index (χ1n) is 11.8. The number of fused-ring (bicyclic) bond motifs is 1. The maximum Gasteiger partial charge on any atom is 0.490 e. The van der Waals surface area contributed by atoms with Gasteiger partial charge in [0.2, 0.25) is 0 Å². The Labute approximate surface area is 216 Å². The summed E-state index contributed by atoms with van der Waals surface area (Å²) in [4.78, 5) is 31.0. The lowest BCUT2D eigenvalue weighted by atomic mass is 10.1. The van der Waals surface area contributed by atoms with Crippen molar-refractivity contribution >= 4 is 17.0 Å². The van der Waals surface area contributed by atoms with Gasteiger partial charge in [0.05, 0.1) is 18.3 Å². The molecule has 16 heteroatoms. The fourth-order valence-corrected chi connectivity index (χ4v) is 4.17.